The first-order chi connectivity index (χ1) is 14.3. The number of hydrogen-bond donors (Lipinski definition) is 1. The van der Waals surface area contributed by atoms with Crippen LogP contribution in [0.2, 0.25) is 0 Å². The number of aryl methyl sites for hydroxylation is 2. The second kappa shape index (κ2) is 7.50. The van der Waals surface area contributed by atoms with Crippen LogP contribution in [0.1, 0.15) is 27.6 Å². The molecule has 4 nitrogen and oxygen atoms in total. The van der Waals surface area contributed by atoms with E-state index in [0.29, 0.717) is 16.1 Å². The molecule has 1 amide bonds. The van der Waals surface area contributed by atoms with Gasteiger partial charge < -0.3 is 5.11 Å². The molecule has 1 unspecified atom stereocenters. The highest BCUT2D eigenvalue weighted by molar-refractivity contribution is 7.10. The summed E-state index contributed by atoms with van der Waals surface area (Å²) in [6, 6.07) is 10.2. The minimum atomic E-state index is -0.874. The van der Waals surface area contributed by atoms with Crippen LogP contribution in [-0.4, -0.2) is 16.8 Å². The van der Waals surface area contributed by atoms with Crippen molar-refractivity contribution in [3.05, 3.63) is 92.7 Å². The number of Topliss-reactive ketones (excluding diaryl/α,β-unsaturated/α-hetero) is 1. The number of aliphatic hydroxyl groups excluding tert-OH is 1. The summed E-state index contributed by atoms with van der Waals surface area (Å²) in [6.07, 6.45) is 0. The first-order valence-corrected chi connectivity index (χ1v) is 10.0. The third kappa shape index (κ3) is 3.21. The maximum Gasteiger partial charge on any atom is 0.300 e. The van der Waals surface area contributed by atoms with Gasteiger partial charge in [-0.15, -0.1) is 11.3 Å². The van der Waals surface area contributed by atoms with Crippen molar-refractivity contribution in [2.45, 2.75) is 19.9 Å². The lowest BCUT2D eigenvalue weighted by Gasteiger charge is -2.25. The molecule has 0 aliphatic carbocycles. The van der Waals surface area contributed by atoms with E-state index < -0.39 is 29.4 Å². The molecule has 7 heteroatoms. The molecule has 1 N–H and O–H groups in total. The summed E-state index contributed by atoms with van der Waals surface area (Å²) in [5, 5.41) is 12.8. The van der Waals surface area contributed by atoms with Gasteiger partial charge in [0.05, 0.1) is 5.57 Å². The lowest BCUT2D eigenvalue weighted by molar-refractivity contribution is -0.132. The van der Waals surface area contributed by atoms with Crippen LogP contribution in [0, 0.1) is 25.5 Å². The summed E-state index contributed by atoms with van der Waals surface area (Å²) in [5.74, 6) is -2.96. The molecule has 152 valence electrons. The molecular weight excluding hydrogens is 408 g/mol. The number of hydrogen-bond acceptors (Lipinski definition) is 4. The zero-order valence-electron chi connectivity index (χ0n) is 16.1. The molecule has 0 bridgehead atoms. The lowest BCUT2D eigenvalue weighted by atomic mass is 9.97. The second-order valence-electron chi connectivity index (χ2n) is 7.08. The Morgan fingerprint density at radius 3 is 2.30 bits per heavy atom. The van der Waals surface area contributed by atoms with Crippen molar-refractivity contribution in [3.63, 3.8) is 0 Å². The van der Waals surface area contributed by atoms with E-state index in [-0.39, 0.29) is 16.9 Å². The van der Waals surface area contributed by atoms with E-state index in [0.717, 1.165) is 5.56 Å². The van der Waals surface area contributed by atoms with Crippen LogP contribution in [0.4, 0.5) is 14.5 Å². The number of thiophene rings is 1. The molecule has 3 aromatic rings. The summed E-state index contributed by atoms with van der Waals surface area (Å²) in [6.45, 7) is 3.39. The van der Waals surface area contributed by atoms with Gasteiger partial charge in [-0.25, -0.2) is 8.78 Å². The first kappa shape index (κ1) is 20.0. The summed E-state index contributed by atoms with van der Waals surface area (Å²) in [7, 11) is 0. The van der Waals surface area contributed by atoms with Crippen molar-refractivity contribution >= 4 is 34.5 Å². The largest absolute Gasteiger partial charge is 0.507 e. The van der Waals surface area contributed by atoms with E-state index >= 15 is 0 Å². The van der Waals surface area contributed by atoms with Gasteiger partial charge in [0.1, 0.15) is 23.4 Å². The smallest absolute Gasteiger partial charge is 0.300 e. The van der Waals surface area contributed by atoms with E-state index in [9.17, 15) is 23.5 Å². The Kier molecular flexibility index (Phi) is 4.99. The molecule has 0 spiro atoms. The van der Waals surface area contributed by atoms with E-state index in [2.05, 4.69) is 0 Å². The molecule has 30 heavy (non-hydrogen) atoms. The number of amides is 1. The van der Waals surface area contributed by atoms with Crippen LogP contribution in [0.5, 0.6) is 0 Å². The van der Waals surface area contributed by atoms with Crippen molar-refractivity contribution in [2.24, 2.45) is 0 Å². The Balaban J connectivity index is 1.95. The van der Waals surface area contributed by atoms with Crippen molar-refractivity contribution < 1.29 is 23.5 Å². The van der Waals surface area contributed by atoms with Crippen molar-refractivity contribution in [2.75, 3.05) is 4.90 Å². The third-order valence-electron chi connectivity index (χ3n) is 5.13. The van der Waals surface area contributed by atoms with Gasteiger partial charge in [0, 0.05) is 16.1 Å². The van der Waals surface area contributed by atoms with E-state index in [4.69, 9.17) is 0 Å². The maximum absolute atomic E-state index is 13.7. The second-order valence-corrected chi connectivity index (χ2v) is 8.03. The fourth-order valence-corrected chi connectivity index (χ4v) is 4.59. The number of anilines is 1. The number of aliphatic hydroxyl groups is 1. The van der Waals surface area contributed by atoms with E-state index in [1.165, 1.54) is 58.7 Å². The SMILES string of the molecule is Cc1cc(/C(O)=C2/C(=O)C(=O)N(c3ccc(F)cc3)C2c2sccc2C)ccc1F. The highest BCUT2D eigenvalue weighted by atomic mass is 32.1. The molecule has 2 aromatic carbocycles. The number of halogens is 2. The lowest BCUT2D eigenvalue weighted by Crippen LogP contribution is -2.29. The Morgan fingerprint density at radius 1 is 1.00 bits per heavy atom. The summed E-state index contributed by atoms with van der Waals surface area (Å²) in [4.78, 5) is 27.9. The molecule has 1 aromatic heterocycles. The molecule has 4 rings (SSSR count). The molecule has 1 fully saturated rings. The quantitative estimate of drug-likeness (QED) is 0.353. The Bertz CT molecular complexity index is 1200. The fraction of sp³-hybridized carbons (Fsp3) is 0.130. The number of ketones is 1. The van der Waals surface area contributed by atoms with E-state index in [1.54, 1.807) is 6.92 Å². The summed E-state index contributed by atoms with van der Waals surface area (Å²) in [5.41, 5.74) is 1.65. The summed E-state index contributed by atoms with van der Waals surface area (Å²) >= 11 is 1.35. The molecule has 1 aliphatic heterocycles. The van der Waals surface area contributed by atoms with Gasteiger partial charge in [-0.05, 0) is 78.9 Å². The van der Waals surface area contributed by atoms with Gasteiger partial charge in [0.25, 0.3) is 11.7 Å². The molecule has 0 saturated carbocycles. The zero-order valence-corrected chi connectivity index (χ0v) is 17.0. The van der Waals surface area contributed by atoms with Crippen LogP contribution in [-0.2, 0) is 9.59 Å². The normalized spacial score (nSPS) is 18.3. The van der Waals surface area contributed by atoms with Gasteiger partial charge in [-0.1, -0.05) is 0 Å². The molecule has 2 heterocycles. The number of rotatable bonds is 3. The monoisotopic (exact) mass is 425 g/mol. The Labute approximate surface area is 175 Å². The van der Waals surface area contributed by atoms with E-state index in [1.807, 2.05) is 18.4 Å². The average Bonchev–Trinajstić information content (AvgIpc) is 3.25. The summed E-state index contributed by atoms with van der Waals surface area (Å²) < 4.78 is 27.1. The van der Waals surface area contributed by atoms with Gasteiger partial charge in [-0.3, -0.25) is 14.5 Å². The Morgan fingerprint density at radius 2 is 1.70 bits per heavy atom. The third-order valence-corrected chi connectivity index (χ3v) is 6.20. The molecule has 0 radical (unpaired) electrons. The standard InChI is InChI=1S/C23H17F2NO3S/c1-12-9-10-30-22(12)19-18(20(27)14-3-8-17(25)13(2)11-14)21(28)23(29)26(19)16-6-4-15(24)5-7-16/h3-11,19,27H,1-2H3/b20-18-. The maximum atomic E-state index is 13.7. The zero-order chi connectivity index (χ0) is 21.6. The van der Waals surface area contributed by atoms with Crippen LogP contribution in [0.15, 0.2) is 59.5 Å². The predicted octanol–water partition coefficient (Wildman–Crippen LogP) is 5.27. The number of nitrogens with zero attached hydrogens (tertiary/aromatic N) is 1. The first-order valence-electron chi connectivity index (χ1n) is 9.16. The van der Waals surface area contributed by atoms with Crippen LogP contribution in [0.3, 0.4) is 0 Å². The molecule has 1 aliphatic rings. The highest BCUT2D eigenvalue weighted by Crippen LogP contribution is 2.44. The minimum Gasteiger partial charge on any atom is -0.507 e. The van der Waals surface area contributed by atoms with Gasteiger partial charge in [0.2, 0.25) is 0 Å². The number of carbonyl (C=O) groups is 2. The minimum absolute atomic E-state index is 0.0825. The predicted molar refractivity (Wildman–Crippen MR) is 111 cm³/mol. The molecule has 1 atom stereocenters. The van der Waals surface area contributed by atoms with Crippen LogP contribution >= 0.6 is 11.3 Å². The van der Waals surface area contributed by atoms with Gasteiger partial charge in [-0.2, -0.15) is 0 Å². The van der Waals surface area contributed by atoms with Crippen molar-refractivity contribution in [1.82, 2.24) is 0 Å². The van der Waals surface area contributed by atoms with Gasteiger partial charge in [0.15, 0.2) is 0 Å². The topological polar surface area (TPSA) is 57.6 Å². The molecular formula is C23H17F2NO3S. The van der Waals surface area contributed by atoms with Crippen LogP contribution < -0.4 is 4.90 Å². The molecule has 1 saturated heterocycles. The van der Waals surface area contributed by atoms with Gasteiger partial charge >= 0.3 is 0 Å². The fourth-order valence-electron chi connectivity index (χ4n) is 3.56. The van der Waals surface area contributed by atoms with Crippen molar-refractivity contribution in [3.8, 4) is 0 Å². The van der Waals surface area contributed by atoms with Crippen molar-refractivity contribution in [1.29, 1.82) is 0 Å². The van der Waals surface area contributed by atoms with Crippen LogP contribution in [0.25, 0.3) is 5.76 Å². The highest BCUT2D eigenvalue weighted by Gasteiger charge is 2.47. The number of carbonyl (C=O) groups excluding carboxylic acids is 2. The Hall–Kier alpha value is -3.32. The number of benzene rings is 2. The average molecular weight is 425 g/mol.